The number of hydrogen-bond acceptors (Lipinski definition) is 5. The van der Waals surface area contributed by atoms with Crippen molar-refractivity contribution < 1.29 is 19.1 Å². The molecule has 0 bridgehead atoms. The van der Waals surface area contributed by atoms with Gasteiger partial charge in [-0.05, 0) is 54.8 Å². The van der Waals surface area contributed by atoms with Crippen LogP contribution in [-0.4, -0.2) is 66.9 Å². The predicted octanol–water partition coefficient (Wildman–Crippen LogP) is 3.25. The fourth-order valence-electron chi connectivity index (χ4n) is 5.08. The van der Waals surface area contributed by atoms with Crippen molar-refractivity contribution in [2.45, 2.75) is 37.1 Å². The Labute approximate surface area is 204 Å². The molecular formula is C26H28ClN3O4. The summed E-state index contributed by atoms with van der Waals surface area (Å²) in [5.41, 5.74) is 0.613. The molecule has 178 valence electrons. The Morgan fingerprint density at radius 2 is 1.65 bits per heavy atom. The van der Waals surface area contributed by atoms with Crippen LogP contribution in [0, 0.1) is 0 Å². The Hall–Kier alpha value is -3.06. The second kappa shape index (κ2) is 8.95. The van der Waals surface area contributed by atoms with Gasteiger partial charge >= 0.3 is 0 Å². The van der Waals surface area contributed by atoms with Gasteiger partial charge in [0.2, 0.25) is 17.7 Å². The van der Waals surface area contributed by atoms with E-state index in [0.29, 0.717) is 42.5 Å². The van der Waals surface area contributed by atoms with Crippen LogP contribution in [-0.2, 0) is 19.8 Å². The van der Waals surface area contributed by atoms with E-state index in [-0.39, 0.29) is 36.6 Å². The van der Waals surface area contributed by atoms with Gasteiger partial charge in [-0.2, -0.15) is 0 Å². The van der Waals surface area contributed by atoms with Gasteiger partial charge in [-0.1, -0.05) is 23.7 Å². The van der Waals surface area contributed by atoms with Crippen LogP contribution in [0.3, 0.4) is 0 Å². The van der Waals surface area contributed by atoms with Crippen LogP contribution in [0.1, 0.15) is 31.2 Å². The van der Waals surface area contributed by atoms with Crippen molar-refractivity contribution in [2.75, 3.05) is 38.2 Å². The Balaban J connectivity index is 1.34. The summed E-state index contributed by atoms with van der Waals surface area (Å²) in [6.07, 6.45) is 1.72. The summed E-state index contributed by atoms with van der Waals surface area (Å²) in [5.74, 6) is 0.159. The van der Waals surface area contributed by atoms with Gasteiger partial charge in [0.25, 0.3) is 0 Å². The molecule has 5 rings (SSSR count). The molecule has 2 aromatic carbocycles. The molecule has 0 aromatic heterocycles. The molecule has 1 atom stereocenters. The normalized spacial score (nSPS) is 22.9. The number of rotatable bonds is 6. The number of carbonyl (C=O) groups is 3. The second-order valence-corrected chi connectivity index (χ2v) is 9.74. The fourth-order valence-corrected chi connectivity index (χ4v) is 5.20. The van der Waals surface area contributed by atoms with Gasteiger partial charge in [0.15, 0.2) is 0 Å². The molecular weight excluding hydrogens is 454 g/mol. The van der Waals surface area contributed by atoms with Crippen LogP contribution < -0.4 is 9.64 Å². The number of halogens is 1. The minimum Gasteiger partial charge on any atom is -0.497 e. The number of anilines is 1. The van der Waals surface area contributed by atoms with Crippen LogP contribution >= 0.6 is 11.6 Å². The average Bonchev–Trinajstić information content (AvgIpc) is 3.65. The number of likely N-dealkylation sites (tertiary alicyclic amines) is 1. The summed E-state index contributed by atoms with van der Waals surface area (Å²) in [6.45, 7) is 2.53. The summed E-state index contributed by atoms with van der Waals surface area (Å²) in [6, 6.07) is 14.9. The maximum absolute atomic E-state index is 13.6. The van der Waals surface area contributed by atoms with Crippen molar-refractivity contribution in [3.05, 3.63) is 59.1 Å². The van der Waals surface area contributed by atoms with Gasteiger partial charge < -0.3 is 14.5 Å². The number of imide groups is 1. The van der Waals surface area contributed by atoms with E-state index in [9.17, 15) is 14.4 Å². The predicted molar refractivity (Wildman–Crippen MR) is 129 cm³/mol. The van der Waals surface area contributed by atoms with E-state index in [1.165, 1.54) is 4.90 Å². The summed E-state index contributed by atoms with van der Waals surface area (Å²) in [5, 5.41) is 0.692. The number of hydrogen-bond donors (Lipinski definition) is 0. The molecule has 2 aliphatic heterocycles. The minimum absolute atomic E-state index is 0.00589. The van der Waals surface area contributed by atoms with Crippen LogP contribution in [0.4, 0.5) is 5.69 Å². The largest absolute Gasteiger partial charge is 0.497 e. The summed E-state index contributed by atoms with van der Waals surface area (Å²) >= 11 is 6.00. The van der Waals surface area contributed by atoms with Crippen molar-refractivity contribution >= 4 is 35.0 Å². The number of ether oxygens (including phenoxy) is 1. The third kappa shape index (κ3) is 4.13. The molecule has 2 saturated heterocycles. The van der Waals surface area contributed by atoms with E-state index >= 15 is 0 Å². The molecule has 7 nitrogen and oxygen atoms in total. The number of nitrogens with zero attached hydrogens (tertiary/aromatic N) is 3. The van der Waals surface area contributed by atoms with Crippen LogP contribution in [0.5, 0.6) is 5.75 Å². The van der Waals surface area contributed by atoms with Gasteiger partial charge in [-0.25, -0.2) is 0 Å². The molecule has 0 radical (unpaired) electrons. The molecule has 8 heteroatoms. The van der Waals surface area contributed by atoms with Crippen LogP contribution in [0.2, 0.25) is 5.02 Å². The molecule has 1 saturated carbocycles. The van der Waals surface area contributed by atoms with E-state index in [1.807, 2.05) is 41.3 Å². The van der Waals surface area contributed by atoms with Gasteiger partial charge in [0.1, 0.15) is 5.75 Å². The fraction of sp³-hybridized carbons (Fsp3) is 0.423. The Bertz CT molecular complexity index is 1090. The third-order valence-corrected chi connectivity index (χ3v) is 7.43. The highest BCUT2D eigenvalue weighted by Gasteiger charge is 2.57. The first-order chi connectivity index (χ1) is 16.4. The van der Waals surface area contributed by atoms with E-state index in [4.69, 9.17) is 16.3 Å². The van der Waals surface area contributed by atoms with Gasteiger partial charge in [-0.3, -0.25) is 19.3 Å². The highest BCUT2D eigenvalue weighted by molar-refractivity contribution is 6.30. The lowest BCUT2D eigenvalue weighted by Gasteiger charge is -2.37. The summed E-state index contributed by atoms with van der Waals surface area (Å²) in [4.78, 5) is 45.5. The Morgan fingerprint density at radius 3 is 2.24 bits per heavy atom. The molecule has 0 spiro atoms. The molecule has 3 fully saturated rings. The number of amides is 3. The zero-order valence-corrected chi connectivity index (χ0v) is 20.0. The smallest absolute Gasteiger partial charge is 0.241 e. The van der Waals surface area contributed by atoms with Crippen molar-refractivity contribution in [1.82, 2.24) is 9.80 Å². The molecule has 2 heterocycles. The number of piperazine rings is 1. The summed E-state index contributed by atoms with van der Waals surface area (Å²) in [7, 11) is 1.58. The van der Waals surface area contributed by atoms with Crippen molar-refractivity contribution in [1.29, 1.82) is 0 Å². The molecule has 3 amide bonds. The van der Waals surface area contributed by atoms with Gasteiger partial charge in [0, 0.05) is 55.8 Å². The lowest BCUT2D eigenvalue weighted by atomic mass is 9.75. The molecule has 2 aromatic rings. The molecule has 1 unspecified atom stereocenters. The quantitative estimate of drug-likeness (QED) is 0.592. The first-order valence-electron chi connectivity index (χ1n) is 11.7. The highest BCUT2D eigenvalue weighted by atomic mass is 35.5. The van der Waals surface area contributed by atoms with Crippen LogP contribution in [0.25, 0.3) is 0 Å². The van der Waals surface area contributed by atoms with Crippen LogP contribution in [0.15, 0.2) is 48.5 Å². The molecule has 34 heavy (non-hydrogen) atoms. The van der Waals surface area contributed by atoms with E-state index in [1.54, 1.807) is 19.2 Å². The number of carbonyl (C=O) groups excluding carboxylic acids is 3. The minimum atomic E-state index is -1.16. The van der Waals surface area contributed by atoms with Gasteiger partial charge in [-0.15, -0.1) is 0 Å². The summed E-state index contributed by atoms with van der Waals surface area (Å²) < 4.78 is 5.26. The first-order valence-corrected chi connectivity index (χ1v) is 12.1. The maximum atomic E-state index is 13.6. The van der Waals surface area contributed by atoms with E-state index in [2.05, 4.69) is 4.90 Å². The zero-order chi connectivity index (χ0) is 23.9. The Morgan fingerprint density at radius 1 is 1.00 bits per heavy atom. The average molecular weight is 482 g/mol. The molecule has 3 aliphatic rings. The number of benzene rings is 2. The van der Waals surface area contributed by atoms with Gasteiger partial charge in [0.05, 0.1) is 12.5 Å². The SMILES string of the molecule is COc1ccc(C2(CC(=O)N3CCN(c4ccc(Cl)cc4)CC3)CC(=O)N(C3CC3)C2=O)cc1. The standard InChI is InChI=1S/C26H28ClN3O4/c1-34-22-10-2-18(3-11-22)26(17-24(32)30(25(26)33)21-8-9-21)16-23(31)29-14-12-28(13-15-29)20-6-4-19(27)5-7-20/h2-7,10-11,21H,8-9,12-17H2,1H3. The topological polar surface area (TPSA) is 70.2 Å². The molecule has 1 aliphatic carbocycles. The second-order valence-electron chi connectivity index (χ2n) is 9.31. The molecule has 0 N–H and O–H groups in total. The van der Waals surface area contributed by atoms with Crippen molar-refractivity contribution in [3.8, 4) is 5.75 Å². The maximum Gasteiger partial charge on any atom is 0.241 e. The highest BCUT2D eigenvalue weighted by Crippen LogP contribution is 2.44. The monoisotopic (exact) mass is 481 g/mol. The van der Waals surface area contributed by atoms with Crippen molar-refractivity contribution in [3.63, 3.8) is 0 Å². The lowest BCUT2D eigenvalue weighted by Crippen LogP contribution is -2.51. The number of methoxy groups -OCH3 is 1. The first kappa shape index (κ1) is 22.7. The van der Waals surface area contributed by atoms with E-state index < -0.39 is 5.41 Å². The third-order valence-electron chi connectivity index (χ3n) is 7.18. The van der Waals surface area contributed by atoms with E-state index in [0.717, 1.165) is 18.5 Å². The zero-order valence-electron chi connectivity index (χ0n) is 19.2. The van der Waals surface area contributed by atoms with Crippen molar-refractivity contribution in [2.24, 2.45) is 0 Å². The Kier molecular flexibility index (Phi) is 5.98. The lowest BCUT2D eigenvalue weighted by molar-refractivity contribution is -0.143.